The molecule has 0 aliphatic heterocycles. The summed E-state index contributed by atoms with van der Waals surface area (Å²) in [5, 5.41) is 5.73. The molecule has 0 fully saturated rings. The smallest absolute Gasteiger partial charge is 0.154 e. The Labute approximate surface area is 88.9 Å². The summed E-state index contributed by atoms with van der Waals surface area (Å²) in [4.78, 5) is 10.9. The van der Waals surface area contributed by atoms with Gasteiger partial charge in [0, 0.05) is 12.3 Å². The van der Waals surface area contributed by atoms with Crippen LogP contribution < -0.4 is 0 Å². The van der Waals surface area contributed by atoms with Gasteiger partial charge in [-0.05, 0) is 13.3 Å². The number of nitrogens with zero attached hydrogens (tertiary/aromatic N) is 2. The SMILES string of the molecule is CCC(C)Sc1c(C=O)c(C)nn1C. The highest BCUT2D eigenvalue weighted by Gasteiger charge is 2.14. The molecule has 0 aliphatic carbocycles. The van der Waals surface area contributed by atoms with Crippen LogP contribution in [0.1, 0.15) is 36.3 Å². The van der Waals surface area contributed by atoms with Crippen molar-refractivity contribution in [2.45, 2.75) is 37.5 Å². The summed E-state index contributed by atoms with van der Waals surface area (Å²) < 4.78 is 1.79. The molecule has 1 atom stereocenters. The fraction of sp³-hybridized carbons (Fsp3) is 0.600. The molecular formula is C10H16N2OS. The van der Waals surface area contributed by atoms with Crippen LogP contribution in [-0.2, 0) is 7.05 Å². The summed E-state index contributed by atoms with van der Waals surface area (Å²) in [6.07, 6.45) is 1.99. The Hall–Kier alpha value is -0.770. The van der Waals surface area contributed by atoms with Gasteiger partial charge >= 0.3 is 0 Å². The van der Waals surface area contributed by atoms with Crippen LogP contribution in [-0.4, -0.2) is 21.3 Å². The second-order valence-corrected chi connectivity index (χ2v) is 4.81. The molecule has 0 aliphatic rings. The first kappa shape index (κ1) is 11.3. The van der Waals surface area contributed by atoms with Gasteiger partial charge in [0.15, 0.2) is 6.29 Å². The molecule has 0 N–H and O–H groups in total. The van der Waals surface area contributed by atoms with Crippen LogP contribution in [0.4, 0.5) is 0 Å². The number of aldehydes is 1. The first-order chi connectivity index (χ1) is 6.60. The molecule has 0 bridgehead atoms. The highest BCUT2D eigenvalue weighted by Crippen LogP contribution is 2.28. The first-order valence-electron chi connectivity index (χ1n) is 4.75. The highest BCUT2D eigenvalue weighted by atomic mass is 32.2. The number of hydrogen-bond acceptors (Lipinski definition) is 3. The standard InChI is InChI=1S/C10H16N2OS/c1-5-7(2)14-10-9(6-13)8(3)11-12(10)4/h6-7H,5H2,1-4H3. The van der Waals surface area contributed by atoms with Gasteiger partial charge in [0.05, 0.1) is 11.3 Å². The van der Waals surface area contributed by atoms with E-state index in [0.29, 0.717) is 5.25 Å². The number of rotatable bonds is 4. The molecule has 0 saturated heterocycles. The summed E-state index contributed by atoms with van der Waals surface area (Å²) in [7, 11) is 1.88. The topological polar surface area (TPSA) is 34.9 Å². The molecule has 1 unspecified atom stereocenters. The number of carbonyl (C=O) groups excluding carboxylic acids is 1. The second-order valence-electron chi connectivity index (χ2n) is 3.38. The van der Waals surface area contributed by atoms with Gasteiger partial charge in [-0.25, -0.2) is 0 Å². The van der Waals surface area contributed by atoms with E-state index in [9.17, 15) is 4.79 Å². The summed E-state index contributed by atoms with van der Waals surface area (Å²) in [5.74, 6) is 0. The van der Waals surface area contributed by atoms with Crippen molar-refractivity contribution in [3.05, 3.63) is 11.3 Å². The van der Waals surface area contributed by atoms with Crippen molar-refractivity contribution in [3.8, 4) is 0 Å². The van der Waals surface area contributed by atoms with Gasteiger partial charge in [-0.2, -0.15) is 5.10 Å². The Morgan fingerprint density at radius 1 is 1.64 bits per heavy atom. The molecule has 0 spiro atoms. The Kier molecular flexibility index (Phi) is 3.75. The number of aryl methyl sites for hydroxylation is 2. The van der Waals surface area contributed by atoms with Crippen molar-refractivity contribution in [1.29, 1.82) is 0 Å². The van der Waals surface area contributed by atoms with Crippen molar-refractivity contribution in [1.82, 2.24) is 9.78 Å². The summed E-state index contributed by atoms with van der Waals surface area (Å²) in [6, 6.07) is 0. The Morgan fingerprint density at radius 3 is 2.79 bits per heavy atom. The van der Waals surface area contributed by atoms with Crippen LogP contribution in [0.15, 0.2) is 5.03 Å². The van der Waals surface area contributed by atoms with Crippen molar-refractivity contribution >= 4 is 18.0 Å². The normalized spacial score (nSPS) is 12.9. The molecular weight excluding hydrogens is 196 g/mol. The average molecular weight is 212 g/mol. The van der Waals surface area contributed by atoms with E-state index in [0.717, 1.165) is 29.0 Å². The zero-order valence-electron chi connectivity index (χ0n) is 9.07. The Balaban J connectivity index is 3.00. The van der Waals surface area contributed by atoms with Gasteiger partial charge in [-0.1, -0.05) is 13.8 Å². The maximum Gasteiger partial charge on any atom is 0.154 e. The average Bonchev–Trinajstić information content (AvgIpc) is 2.41. The van der Waals surface area contributed by atoms with Crippen LogP contribution in [0.25, 0.3) is 0 Å². The number of aromatic nitrogens is 2. The molecule has 14 heavy (non-hydrogen) atoms. The monoisotopic (exact) mass is 212 g/mol. The molecule has 78 valence electrons. The van der Waals surface area contributed by atoms with Crippen LogP contribution in [0.5, 0.6) is 0 Å². The van der Waals surface area contributed by atoms with E-state index >= 15 is 0 Å². The van der Waals surface area contributed by atoms with E-state index < -0.39 is 0 Å². The minimum Gasteiger partial charge on any atom is -0.298 e. The van der Waals surface area contributed by atoms with Gasteiger partial charge < -0.3 is 0 Å². The lowest BCUT2D eigenvalue weighted by atomic mass is 10.3. The van der Waals surface area contributed by atoms with Crippen molar-refractivity contribution < 1.29 is 4.79 Å². The molecule has 1 heterocycles. The molecule has 0 aromatic carbocycles. The second kappa shape index (κ2) is 4.64. The molecule has 0 amide bonds. The van der Waals surface area contributed by atoms with E-state index in [1.165, 1.54) is 0 Å². The molecule has 1 aromatic rings. The largest absolute Gasteiger partial charge is 0.298 e. The fourth-order valence-corrected chi connectivity index (χ4v) is 2.27. The summed E-state index contributed by atoms with van der Waals surface area (Å²) in [5.41, 5.74) is 1.55. The third-order valence-electron chi connectivity index (χ3n) is 2.22. The number of carbonyl (C=O) groups is 1. The van der Waals surface area contributed by atoms with Crippen LogP contribution >= 0.6 is 11.8 Å². The third kappa shape index (κ3) is 2.18. The van der Waals surface area contributed by atoms with Gasteiger partial charge in [0.2, 0.25) is 0 Å². The van der Waals surface area contributed by atoms with Crippen molar-refractivity contribution in [3.63, 3.8) is 0 Å². The molecule has 4 heteroatoms. The molecule has 1 rings (SSSR count). The highest BCUT2D eigenvalue weighted by molar-refractivity contribution is 7.99. The number of hydrogen-bond donors (Lipinski definition) is 0. The van der Waals surface area contributed by atoms with Crippen LogP contribution in [0.3, 0.4) is 0 Å². The maximum atomic E-state index is 10.9. The maximum absolute atomic E-state index is 10.9. The zero-order chi connectivity index (χ0) is 10.7. The summed E-state index contributed by atoms with van der Waals surface area (Å²) in [6.45, 7) is 6.16. The Bertz CT molecular complexity index is 333. The lowest BCUT2D eigenvalue weighted by Gasteiger charge is -2.08. The van der Waals surface area contributed by atoms with Gasteiger partial charge in [0.25, 0.3) is 0 Å². The lowest BCUT2D eigenvalue weighted by molar-refractivity contribution is 0.112. The van der Waals surface area contributed by atoms with Gasteiger partial charge in [-0.3, -0.25) is 9.48 Å². The van der Waals surface area contributed by atoms with E-state index in [4.69, 9.17) is 0 Å². The molecule has 3 nitrogen and oxygen atoms in total. The molecule has 0 radical (unpaired) electrons. The third-order valence-corrected chi connectivity index (χ3v) is 3.66. The minimum atomic E-state index is 0.517. The number of thioether (sulfide) groups is 1. The van der Waals surface area contributed by atoms with E-state index in [1.54, 1.807) is 16.4 Å². The van der Waals surface area contributed by atoms with Gasteiger partial charge in [0.1, 0.15) is 5.03 Å². The predicted molar refractivity (Wildman–Crippen MR) is 58.9 cm³/mol. The van der Waals surface area contributed by atoms with E-state index in [2.05, 4.69) is 18.9 Å². The molecule has 1 aromatic heterocycles. The predicted octanol–water partition coefficient (Wildman–Crippen LogP) is 2.43. The lowest BCUT2D eigenvalue weighted by Crippen LogP contribution is -1.99. The molecule has 0 saturated carbocycles. The van der Waals surface area contributed by atoms with E-state index in [1.807, 2.05) is 14.0 Å². The fourth-order valence-electron chi connectivity index (χ4n) is 1.20. The van der Waals surface area contributed by atoms with Crippen molar-refractivity contribution in [2.24, 2.45) is 7.05 Å². The Morgan fingerprint density at radius 2 is 2.29 bits per heavy atom. The van der Waals surface area contributed by atoms with Crippen LogP contribution in [0.2, 0.25) is 0 Å². The minimum absolute atomic E-state index is 0.517. The quantitative estimate of drug-likeness (QED) is 0.568. The van der Waals surface area contributed by atoms with E-state index in [-0.39, 0.29) is 0 Å². The zero-order valence-corrected chi connectivity index (χ0v) is 9.89. The van der Waals surface area contributed by atoms with Crippen molar-refractivity contribution in [2.75, 3.05) is 0 Å². The van der Waals surface area contributed by atoms with Gasteiger partial charge in [-0.15, -0.1) is 11.8 Å². The summed E-state index contributed by atoms with van der Waals surface area (Å²) >= 11 is 1.71. The van der Waals surface area contributed by atoms with Crippen LogP contribution in [0, 0.1) is 6.92 Å². The first-order valence-corrected chi connectivity index (χ1v) is 5.63.